The Morgan fingerprint density at radius 1 is 1.27 bits per heavy atom. The molecule has 1 aliphatic heterocycles. The molecule has 3 aromatic rings. The van der Waals surface area contributed by atoms with Crippen molar-refractivity contribution in [2.45, 2.75) is 32.2 Å². The lowest BCUT2D eigenvalue weighted by molar-refractivity contribution is -0.186. The van der Waals surface area contributed by atoms with Crippen LogP contribution in [0, 0.1) is 6.92 Å². The zero-order chi connectivity index (χ0) is 26.9. The number of thiazole rings is 2. The quantitative estimate of drug-likeness (QED) is 0.479. The van der Waals surface area contributed by atoms with Crippen molar-refractivity contribution in [1.29, 1.82) is 0 Å². The Balaban J connectivity index is 1.45. The molecule has 2 atom stereocenters. The highest BCUT2D eigenvalue weighted by molar-refractivity contribution is 7.17. The van der Waals surface area contributed by atoms with Crippen LogP contribution in [-0.2, 0) is 4.74 Å². The molecular formula is C22H23F3N6O4S2. The number of aliphatic hydroxyl groups excluding tert-OH is 1. The summed E-state index contributed by atoms with van der Waals surface area (Å²) in [6.07, 6.45) is -5.09. The molecule has 2 N–H and O–H groups in total. The van der Waals surface area contributed by atoms with E-state index in [4.69, 9.17) is 0 Å². The second kappa shape index (κ2) is 10.6. The highest BCUT2D eigenvalue weighted by Gasteiger charge is 2.49. The van der Waals surface area contributed by atoms with Crippen LogP contribution in [0.15, 0.2) is 23.7 Å². The number of halogens is 3. The van der Waals surface area contributed by atoms with Crippen molar-refractivity contribution in [3.63, 3.8) is 0 Å². The number of hydrogen-bond acceptors (Lipinski definition) is 10. The van der Waals surface area contributed by atoms with Gasteiger partial charge in [0.1, 0.15) is 23.0 Å². The molecule has 37 heavy (non-hydrogen) atoms. The van der Waals surface area contributed by atoms with E-state index < -0.39 is 36.9 Å². The van der Waals surface area contributed by atoms with Crippen LogP contribution in [0.3, 0.4) is 0 Å². The molecule has 2 amide bonds. The van der Waals surface area contributed by atoms with Crippen LogP contribution in [0.4, 0.5) is 28.9 Å². The maximum absolute atomic E-state index is 13.7. The summed E-state index contributed by atoms with van der Waals surface area (Å²) in [6.45, 7) is 2.39. The lowest BCUT2D eigenvalue weighted by Gasteiger charge is -2.41. The van der Waals surface area contributed by atoms with Crippen molar-refractivity contribution in [2.75, 3.05) is 32.1 Å². The first-order valence-corrected chi connectivity index (χ1v) is 12.7. The summed E-state index contributed by atoms with van der Waals surface area (Å²) < 4.78 is 45.6. The monoisotopic (exact) mass is 556 g/mol. The predicted molar refractivity (Wildman–Crippen MR) is 131 cm³/mol. The molecule has 15 heteroatoms. The number of anilines is 2. The Morgan fingerprint density at radius 2 is 2.03 bits per heavy atom. The molecular weight excluding hydrogens is 533 g/mol. The topological polar surface area (TPSA) is 121 Å². The van der Waals surface area contributed by atoms with Gasteiger partial charge in [-0.25, -0.2) is 19.7 Å². The number of hydrogen-bond donors (Lipinski definition) is 2. The minimum absolute atomic E-state index is 0.0166. The fraction of sp³-hybridized carbons (Fsp3) is 0.409. The van der Waals surface area contributed by atoms with E-state index in [2.05, 4.69) is 25.0 Å². The van der Waals surface area contributed by atoms with Crippen molar-refractivity contribution in [3.05, 3.63) is 40.0 Å². The van der Waals surface area contributed by atoms with Crippen LogP contribution in [0.1, 0.15) is 34.1 Å². The average molecular weight is 557 g/mol. The number of nitrogens with zero attached hydrogens (tertiary/aromatic N) is 5. The standard InChI is InChI=1S/C22H23F3N6O4S2/c1-11-17(37-18(27-11)12(2)32)14-10-36-20(28-14)29-16-5-4-13(8-26-16)19(33)31-7-6-30(21(34)35-3)9-15(31)22(23,24)25/h4-5,8,10,12,15,32H,6-7,9H2,1-3H3,(H,26,28,29). The third-order valence-corrected chi connectivity index (χ3v) is 7.71. The third kappa shape index (κ3) is 5.83. The summed E-state index contributed by atoms with van der Waals surface area (Å²) >= 11 is 2.67. The van der Waals surface area contributed by atoms with E-state index in [0.29, 0.717) is 26.6 Å². The number of aryl methyl sites for hydroxylation is 1. The van der Waals surface area contributed by atoms with Crippen LogP contribution in [-0.4, -0.2) is 80.8 Å². The summed E-state index contributed by atoms with van der Waals surface area (Å²) in [5, 5.41) is 15.7. The van der Waals surface area contributed by atoms with Gasteiger partial charge in [-0.2, -0.15) is 13.2 Å². The Kier molecular flexibility index (Phi) is 7.66. The van der Waals surface area contributed by atoms with E-state index in [1.165, 1.54) is 41.0 Å². The van der Waals surface area contributed by atoms with Gasteiger partial charge >= 0.3 is 12.3 Å². The van der Waals surface area contributed by atoms with Crippen molar-refractivity contribution in [3.8, 4) is 10.6 Å². The van der Waals surface area contributed by atoms with Gasteiger partial charge in [-0.15, -0.1) is 22.7 Å². The minimum Gasteiger partial charge on any atom is -0.453 e. The highest BCUT2D eigenvalue weighted by Crippen LogP contribution is 2.35. The Morgan fingerprint density at radius 3 is 2.62 bits per heavy atom. The first-order valence-electron chi connectivity index (χ1n) is 11.0. The van der Waals surface area contributed by atoms with Gasteiger partial charge in [0.15, 0.2) is 5.13 Å². The number of aliphatic hydroxyl groups is 1. The summed E-state index contributed by atoms with van der Waals surface area (Å²) in [7, 11) is 1.09. The van der Waals surface area contributed by atoms with Crippen molar-refractivity contribution >= 4 is 45.6 Å². The second-order valence-electron chi connectivity index (χ2n) is 8.21. The van der Waals surface area contributed by atoms with Crippen LogP contribution < -0.4 is 5.32 Å². The molecule has 10 nitrogen and oxygen atoms in total. The molecule has 2 unspecified atom stereocenters. The fourth-order valence-corrected chi connectivity index (χ4v) is 5.49. The SMILES string of the molecule is COC(=O)N1CCN(C(=O)c2ccc(Nc3nc(-c4sc(C(C)O)nc4C)cs3)nc2)C(C(F)(F)F)C1. The highest BCUT2D eigenvalue weighted by atomic mass is 32.1. The number of aromatic nitrogens is 3. The molecule has 0 saturated carbocycles. The van der Waals surface area contributed by atoms with E-state index >= 15 is 0 Å². The predicted octanol–water partition coefficient (Wildman–Crippen LogP) is 4.22. The minimum atomic E-state index is -4.73. The second-order valence-corrected chi connectivity index (χ2v) is 10.1. The van der Waals surface area contributed by atoms with E-state index in [9.17, 15) is 27.9 Å². The summed E-state index contributed by atoms with van der Waals surface area (Å²) in [4.78, 5) is 40.1. The lowest BCUT2D eigenvalue weighted by Crippen LogP contribution is -2.61. The van der Waals surface area contributed by atoms with Gasteiger partial charge in [-0.3, -0.25) is 4.79 Å². The number of amides is 2. The Labute approximate surface area is 217 Å². The largest absolute Gasteiger partial charge is 0.453 e. The van der Waals surface area contributed by atoms with E-state index in [1.54, 1.807) is 6.92 Å². The number of ether oxygens (including phenoxy) is 1. The molecule has 4 rings (SSSR count). The van der Waals surface area contributed by atoms with Crippen molar-refractivity contribution < 1.29 is 32.6 Å². The maximum atomic E-state index is 13.7. The molecule has 3 aromatic heterocycles. The number of alkyl halides is 3. The van der Waals surface area contributed by atoms with Crippen LogP contribution >= 0.6 is 22.7 Å². The van der Waals surface area contributed by atoms with E-state index in [0.717, 1.165) is 22.6 Å². The molecule has 1 aliphatic rings. The van der Waals surface area contributed by atoms with E-state index in [-0.39, 0.29) is 18.7 Å². The van der Waals surface area contributed by atoms with Crippen molar-refractivity contribution in [1.82, 2.24) is 24.8 Å². The van der Waals surface area contributed by atoms with E-state index in [1.807, 2.05) is 12.3 Å². The first kappa shape index (κ1) is 26.8. The van der Waals surface area contributed by atoms with Gasteiger partial charge in [0, 0.05) is 24.7 Å². The molecule has 0 spiro atoms. The van der Waals surface area contributed by atoms with Crippen LogP contribution in [0.25, 0.3) is 10.6 Å². The maximum Gasteiger partial charge on any atom is 0.410 e. The normalized spacial score (nSPS) is 17.0. The molecule has 198 valence electrons. The molecule has 4 heterocycles. The number of methoxy groups -OCH3 is 1. The molecule has 0 bridgehead atoms. The zero-order valence-corrected chi connectivity index (χ0v) is 21.6. The van der Waals surface area contributed by atoms with Crippen LogP contribution in [0.2, 0.25) is 0 Å². The number of nitrogens with one attached hydrogen (secondary N) is 1. The van der Waals surface area contributed by atoms with Crippen LogP contribution in [0.5, 0.6) is 0 Å². The third-order valence-electron chi connectivity index (χ3n) is 5.60. The summed E-state index contributed by atoms with van der Waals surface area (Å²) in [6, 6.07) is 0.698. The van der Waals surface area contributed by atoms with Gasteiger partial charge in [0.25, 0.3) is 5.91 Å². The molecule has 1 fully saturated rings. The lowest BCUT2D eigenvalue weighted by atomic mass is 10.1. The summed E-state index contributed by atoms with van der Waals surface area (Å²) in [5.74, 6) is -0.483. The van der Waals surface area contributed by atoms with Gasteiger partial charge in [-0.1, -0.05) is 0 Å². The number of piperazine rings is 1. The zero-order valence-electron chi connectivity index (χ0n) is 19.9. The van der Waals surface area contributed by atoms with Gasteiger partial charge in [0.05, 0.1) is 35.5 Å². The van der Waals surface area contributed by atoms with Gasteiger partial charge < -0.3 is 25.0 Å². The molecule has 0 aromatic carbocycles. The number of carbonyl (C=O) groups is 2. The number of rotatable bonds is 5. The first-order chi connectivity index (χ1) is 17.5. The van der Waals surface area contributed by atoms with Gasteiger partial charge in [0.2, 0.25) is 0 Å². The van der Waals surface area contributed by atoms with Gasteiger partial charge in [-0.05, 0) is 26.0 Å². The average Bonchev–Trinajstić information content (AvgIpc) is 3.49. The Hall–Kier alpha value is -3.30. The molecule has 0 radical (unpaired) electrons. The van der Waals surface area contributed by atoms with Crippen molar-refractivity contribution in [2.24, 2.45) is 0 Å². The number of carbonyl (C=O) groups excluding carboxylic acids is 2. The fourth-order valence-electron chi connectivity index (χ4n) is 3.74. The smallest absolute Gasteiger partial charge is 0.410 e. The number of pyridine rings is 1. The molecule has 1 saturated heterocycles. The molecule has 0 aliphatic carbocycles. The Bertz CT molecular complexity index is 1280. The summed E-state index contributed by atoms with van der Waals surface area (Å²) in [5.41, 5.74) is 1.42.